The summed E-state index contributed by atoms with van der Waals surface area (Å²) in [6, 6.07) is 18.5. The molecule has 1 aromatic heterocycles. The van der Waals surface area contributed by atoms with Gasteiger partial charge in [0.25, 0.3) is 0 Å². The van der Waals surface area contributed by atoms with Crippen molar-refractivity contribution in [2.24, 2.45) is 0 Å². The van der Waals surface area contributed by atoms with E-state index in [2.05, 4.69) is 46.4 Å². The van der Waals surface area contributed by atoms with Gasteiger partial charge in [-0.2, -0.15) is 0 Å². The zero-order valence-electron chi connectivity index (χ0n) is 11.7. The molecule has 0 radical (unpaired) electrons. The molecular weight excluding hydrogens is 260 g/mol. The maximum absolute atomic E-state index is 4.13. The molecule has 21 heavy (non-hydrogen) atoms. The molecule has 0 N–H and O–H groups in total. The molecule has 3 aromatic rings. The summed E-state index contributed by atoms with van der Waals surface area (Å²) >= 11 is 0. The minimum atomic E-state index is 0.673. The van der Waals surface area contributed by atoms with Crippen LogP contribution in [0.25, 0.3) is 6.08 Å². The predicted molar refractivity (Wildman–Crippen MR) is 82.7 cm³/mol. The summed E-state index contributed by atoms with van der Waals surface area (Å²) < 4.78 is 1.84. The Morgan fingerprint density at radius 1 is 0.952 bits per heavy atom. The van der Waals surface area contributed by atoms with Crippen molar-refractivity contribution in [3.05, 3.63) is 83.7 Å². The van der Waals surface area contributed by atoms with Crippen molar-refractivity contribution < 1.29 is 0 Å². The first-order chi connectivity index (χ1) is 10.3. The quantitative estimate of drug-likeness (QED) is 0.719. The Morgan fingerprint density at radius 3 is 2.43 bits per heavy atom. The zero-order chi connectivity index (χ0) is 14.5. The molecule has 0 saturated heterocycles. The van der Waals surface area contributed by atoms with Crippen molar-refractivity contribution in [3.8, 4) is 0 Å². The van der Waals surface area contributed by atoms with Crippen LogP contribution in [0.1, 0.15) is 22.5 Å². The standard InChI is InChI=1S/C17H16N4/c1-2-14-8-10-16(11-9-14)13-21-17(18-19-20-21)12-15-6-4-3-5-7-15/h2-11H,1,12-13H2. The Morgan fingerprint density at radius 2 is 1.71 bits per heavy atom. The summed E-state index contributed by atoms with van der Waals surface area (Å²) in [4.78, 5) is 0. The second-order valence-electron chi connectivity index (χ2n) is 4.86. The van der Waals surface area contributed by atoms with Crippen LogP contribution in [0.3, 0.4) is 0 Å². The minimum absolute atomic E-state index is 0.673. The highest BCUT2D eigenvalue weighted by Crippen LogP contribution is 2.10. The van der Waals surface area contributed by atoms with E-state index in [9.17, 15) is 0 Å². The van der Waals surface area contributed by atoms with Crippen LogP contribution in [0.2, 0.25) is 0 Å². The first kappa shape index (κ1) is 13.2. The third kappa shape index (κ3) is 3.23. The average molecular weight is 276 g/mol. The Labute approximate surface area is 123 Å². The Kier molecular flexibility index (Phi) is 3.87. The summed E-state index contributed by atoms with van der Waals surface area (Å²) in [5, 5.41) is 12.0. The van der Waals surface area contributed by atoms with Crippen molar-refractivity contribution >= 4 is 6.08 Å². The van der Waals surface area contributed by atoms with E-state index in [0.717, 1.165) is 17.8 Å². The maximum atomic E-state index is 4.13. The van der Waals surface area contributed by atoms with E-state index < -0.39 is 0 Å². The molecule has 2 aromatic carbocycles. The molecule has 0 fully saturated rings. The highest BCUT2D eigenvalue weighted by molar-refractivity contribution is 5.47. The molecule has 0 aliphatic heterocycles. The van der Waals surface area contributed by atoms with Crippen LogP contribution in [-0.2, 0) is 13.0 Å². The van der Waals surface area contributed by atoms with Gasteiger partial charge in [-0.15, -0.1) is 5.10 Å². The molecule has 0 saturated carbocycles. The number of tetrazole rings is 1. The largest absolute Gasteiger partial charge is 0.225 e. The molecule has 4 heteroatoms. The lowest BCUT2D eigenvalue weighted by Gasteiger charge is -2.05. The molecule has 0 aliphatic carbocycles. The van der Waals surface area contributed by atoms with Crippen LogP contribution in [-0.4, -0.2) is 20.2 Å². The highest BCUT2D eigenvalue weighted by atomic mass is 15.5. The second-order valence-corrected chi connectivity index (χ2v) is 4.86. The van der Waals surface area contributed by atoms with Crippen LogP contribution in [0.5, 0.6) is 0 Å². The van der Waals surface area contributed by atoms with E-state index in [0.29, 0.717) is 6.54 Å². The van der Waals surface area contributed by atoms with Crippen molar-refractivity contribution in [1.82, 2.24) is 20.2 Å². The Bertz CT molecular complexity index is 714. The van der Waals surface area contributed by atoms with E-state index in [1.807, 2.05) is 41.1 Å². The molecule has 104 valence electrons. The fourth-order valence-corrected chi connectivity index (χ4v) is 2.18. The van der Waals surface area contributed by atoms with Gasteiger partial charge in [0, 0.05) is 6.42 Å². The molecule has 4 nitrogen and oxygen atoms in total. The molecule has 0 unspecified atom stereocenters. The van der Waals surface area contributed by atoms with Crippen molar-refractivity contribution in [3.63, 3.8) is 0 Å². The van der Waals surface area contributed by atoms with Gasteiger partial charge in [0.1, 0.15) is 0 Å². The van der Waals surface area contributed by atoms with Crippen molar-refractivity contribution in [2.75, 3.05) is 0 Å². The van der Waals surface area contributed by atoms with Crippen LogP contribution >= 0.6 is 0 Å². The number of nitrogens with zero attached hydrogens (tertiary/aromatic N) is 4. The first-order valence-corrected chi connectivity index (χ1v) is 6.85. The van der Waals surface area contributed by atoms with E-state index in [-0.39, 0.29) is 0 Å². The van der Waals surface area contributed by atoms with Crippen LogP contribution < -0.4 is 0 Å². The molecule has 0 amide bonds. The van der Waals surface area contributed by atoms with Crippen LogP contribution in [0.4, 0.5) is 0 Å². The van der Waals surface area contributed by atoms with Crippen LogP contribution in [0, 0.1) is 0 Å². The van der Waals surface area contributed by atoms with Gasteiger partial charge in [0.05, 0.1) is 6.54 Å². The zero-order valence-corrected chi connectivity index (χ0v) is 11.7. The number of hydrogen-bond acceptors (Lipinski definition) is 3. The normalized spacial score (nSPS) is 10.5. The van der Waals surface area contributed by atoms with E-state index >= 15 is 0 Å². The molecule has 1 heterocycles. The van der Waals surface area contributed by atoms with E-state index in [4.69, 9.17) is 0 Å². The van der Waals surface area contributed by atoms with E-state index in [1.165, 1.54) is 11.1 Å². The molecule has 0 spiro atoms. The lowest BCUT2D eigenvalue weighted by Crippen LogP contribution is -2.07. The van der Waals surface area contributed by atoms with Gasteiger partial charge in [0.15, 0.2) is 5.82 Å². The number of aromatic nitrogens is 4. The molecule has 3 rings (SSSR count). The Balaban J connectivity index is 1.77. The first-order valence-electron chi connectivity index (χ1n) is 6.85. The SMILES string of the molecule is C=Cc1ccc(Cn2nnnc2Cc2ccccc2)cc1. The fraction of sp³-hybridized carbons (Fsp3) is 0.118. The van der Waals surface area contributed by atoms with Gasteiger partial charge < -0.3 is 0 Å². The smallest absolute Gasteiger partial charge is 0.156 e. The lowest BCUT2D eigenvalue weighted by molar-refractivity contribution is 0.625. The minimum Gasteiger partial charge on any atom is -0.225 e. The second kappa shape index (κ2) is 6.13. The predicted octanol–water partition coefficient (Wildman–Crippen LogP) is 2.96. The van der Waals surface area contributed by atoms with Gasteiger partial charge in [0.2, 0.25) is 0 Å². The van der Waals surface area contributed by atoms with Crippen LogP contribution in [0.15, 0.2) is 61.2 Å². The molecule has 0 aliphatic rings. The maximum Gasteiger partial charge on any atom is 0.156 e. The molecule has 0 bridgehead atoms. The number of hydrogen-bond donors (Lipinski definition) is 0. The summed E-state index contributed by atoms with van der Waals surface area (Å²) in [5.74, 6) is 0.869. The van der Waals surface area contributed by atoms with Gasteiger partial charge in [-0.05, 0) is 27.1 Å². The van der Waals surface area contributed by atoms with Crippen molar-refractivity contribution in [1.29, 1.82) is 0 Å². The average Bonchev–Trinajstić information content (AvgIpc) is 2.96. The summed E-state index contributed by atoms with van der Waals surface area (Å²) in [6.45, 7) is 4.43. The highest BCUT2D eigenvalue weighted by Gasteiger charge is 2.07. The summed E-state index contributed by atoms with van der Waals surface area (Å²) in [5.41, 5.74) is 3.48. The fourth-order valence-electron chi connectivity index (χ4n) is 2.18. The number of rotatable bonds is 5. The monoisotopic (exact) mass is 276 g/mol. The number of benzene rings is 2. The summed E-state index contributed by atoms with van der Waals surface area (Å²) in [6.07, 6.45) is 2.57. The molecule has 0 atom stereocenters. The van der Waals surface area contributed by atoms with Gasteiger partial charge in [-0.25, -0.2) is 4.68 Å². The van der Waals surface area contributed by atoms with Gasteiger partial charge >= 0.3 is 0 Å². The van der Waals surface area contributed by atoms with Crippen molar-refractivity contribution in [2.45, 2.75) is 13.0 Å². The topological polar surface area (TPSA) is 43.6 Å². The van der Waals surface area contributed by atoms with Gasteiger partial charge in [-0.1, -0.05) is 67.3 Å². The Hall–Kier alpha value is -2.75. The van der Waals surface area contributed by atoms with E-state index in [1.54, 1.807) is 0 Å². The van der Waals surface area contributed by atoms with Gasteiger partial charge in [-0.3, -0.25) is 0 Å². The third-order valence-electron chi connectivity index (χ3n) is 3.36. The lowest BCUT2D eigenvalue weighted by atomic mass is 10.1. The summed E-state index contributed by atoms with van der Waals surface area (Å²) in [7, 11) is 0. The molecular formula is C17H16N4. The third-order valence-corrected chi connectivity index (χ3v) is 3.36.